The zero-order chi connectivity index (χ0) is 11.5. The van der Waals surface area contributed by atoms with E-state index in [4.69, 9.17) is 11.5 Å². The minimum Gasteiger partial charge on any atom is -0.384 e. The van der Waals surface area contributed by atoms with Gasteiger partial charge in [0.25, 0.3) is 0 Å². The van der Waals surface area contributed by atoms with E-state index in [1.54, 1.807) is 12.3 Å². The van der Waals surface area contributed by atoms with Gasteiger partial charge in [0.1, 0.15) is 11.6 Å². The lowest BCUT2D eigenvalue weighted by atomic mass is 9.97. The van der Waals surface area contributed by atoms with Crippen LogP contribution < -0.4 is 11.5 Å². The van der Waals surface area contributed by atoms with Crippen LogP contribution in [0.2, 0.25) is 0 Å². The topological polar surface area (TPSA) is 82.0 Å². The highest BCUT2D eigenvalue weighted by Gasteiger charge is 2.22. The molecule has 1 heterocycles. The van der Waals surface area contributed by atoms with E-state index in [2.05, 4.69) is 4.98 Å². The number of pyridine rings is 1. The molecular formula is C12H15N3O. The number of carbonyl (C=O) groups is 1. The lowest BCUT2D eigenvalue weighted by molar-refractivity contribution is -0.120. The van der Waals surface area contributed by atoms with Gasteiger partial charge in [0.05, 0.1) is 0 Å². The summed E-state index contributed by atoms with van der Waals surface area (Å²) in [7, 11) is 0. The highest BCUT2D eigenvalue weighted by Crippen LogP contribution is 2.19. The van der Waals surface area contributed by atoms with Gasteiger partial charge in [-0.3, -0.25) is 4.79 Å². The van der Waals surface area contributed by atoms with Crippen molar-refractivity contribution in [1.29, 1.82) is 0 Å². The molecule has 16 heavy (non-hydrogen) atoms. The number of Topliss-reactive ketones (excluding diaryl/α,β-unsaturated/α-hetero) is 1. The molecule has 0 amide bonds. The highest BCUT2D eigenvalue weighted by atomic mass is 16.1. The van der Waals surface area contributed by atoms with Crippen LogP contribution in [0.4, 0.5) is 5.82 Å². The normalized spacial score (nSPS) is 23.6. The maximum absolute atomic E-state index is 11.9. The van der Waals surface area contributed by atoms with Gasteiger partial charge in [-0.05, 0) is 24.1 Å². The largest absolute Gasteiger partial charge is 0.384 e. The van der Waals surface area contributed by atoms with Crippen LogP contribution in [-0.4, -0.2) is 16.8 Å². The lowest BCUT2D eigenvalue weighted by Crippen LogP contribution is -2.20. The molecule has 0 fully saturated rings. The second kappa shape index (κ2) is 4.45. The van der Waals surface area contributed by atoms with Crippen molar-refractivity contribution in [3.05, 3.63) is 36.0 Å². The van der Waals surface area contributed by atoms with E-state index in [0.29, 0.717) is 12.2 Å². The summed E-state index contributed by atoms with van der Waals surface area (Å²) in [6.45, 7) is 0. The summed E-state index contributed by atoms with van der Waals surface area (Å²) >= 11 is 0. The summed E-state index contributed by atoms with van der Waals surface area (Å²) in [6.07, 6.45) is 6.53. The molecule has 4 N–H and O–H groups in total. The Balaban J connectivity index is 2.00. The lowest BCUT2D eigenvalue weighted by Gasteiger charge is -2.08. The molecule has 0 saturated heterocycles. The van der Waals surface area contributed by atoms with Crippen LogP contribution in [0.3, 0.4) is 0 Å². The minimum absolute atomic E-state index is 0.0245. The third-order valence-corrected chi connectivity index (χ3v) is 2.75. The Kier molecular flexibility index (Phi) is 3.01. The Morgan fingerprint density at radius 2 is 2.31 bits per heavy atom. The molecule has 2 unspecified atom stereocenters. The number of nitrogen functional groups attached to an aromatic ring is 1. The highest BCUT2D eigenvalue weighted by molar-refractivity contribution is 5.85. The number of nitrogens with zero attached hydrogens (tertiary/aromatic N) is 1. The molecule has 4 heteroatoms. The maximum Gasteiger partial charge on any atom is 0.144 e. The van der Waals surface area contributed by atoms with E-state index in [1.807, 2.05) is 18.2 Å². The monoisotopic (exact) mass is 217 g/mol. The van der Waals surface area contributed by atoms with Gasteiger partial charge in [0.15, 0.2) is 0 Å². The average molecular weight is 217 g/mol. The molecule has 4 nitrogen and oxygen atoms in total. The van der Waals surface area contributed by atoms with Crippen molar-refractivity contribution in [2.45, 2.75) is 18.9 Å². The number of anilines is 1. The second-order valence-electron chi connectivity index (χ2n) is 4.12. The third-order valence-electron chi connectivity index (χ3n) is 2.75. The molecule has 2 atom stereocenters. The van der Waals surface area contributed by atoms with Crippen molar-refractivity contribution in [3.63, 3.8) is 0 Å². The first kappa shape index (κ1) is 10.8. The molecule has 0 aromatic carbocycles. The third kappa shape index (κ3) is 2.46. The van der Waals surface area contributed by atoms with Crippen molar-refractivity contribution >= 4 is 11.6 Å². The van der Waals surface area contributed by atoms with E-state index in [-0.39, 0.29) is 17.7 Å². The van der Waals surface area contributed by atoms with Gasteiger partial charge in [-0.1, -0.05) is 12.2 Å². The number of ketones is 1. The summed E-state index contributed by atoms with van der Waals surface area (Å²) in [5.41, 5.74) is 12.2. The fraction of sp³-hybridized carbons (Fsp3) is 0.333. The van der Waals surface area contributed by atoms with Crippen molar-refractivity contribution in [3.8, 4) is 0 Å². The Morgan fingerprint density at radius 1 is 1.50 bits per heavy atom. The molecule has 0 spiro atoms. The van der Waals surface area contributed by atoms with Gasteiger partial charge >= 0.3 is 0 Å². The summed E-state index contributed by atoms with van der Waals surface area (Å²) in [5.74, 6) is 0.600. The zero-order valence-electron chi connectivity index (χ0n) is 8.97. The SMILES string of the molecule is Nc1cc(CC(=O)C2C=CC(N)C2)ccn1. The standard InChI is InChI=1S/C12H15N3O/c13-10-2-1-9(7-10)11(16)5-8-3-4-15-12(14)6-8/h1-4,6,9-10H,5,7,13H2,(H2,14,15). The van der Waals surface area contributed by atoms with Crippen molar-refractivity contribution in [2.75, 3.05) is 5.73 Å². The number of rotatable bonds is 3. The molecular weight excluding hydrogens is 202 g/mol. The van der Waals surface area contributed by atoms with E-state index in [9.17, 15) is 4.79 Å². The fourth-order valence-corrected chi connectivity index (χ4v) is 1.90. The molecule has 0 bridgehead atoms. The predicted molar refractivity (Wildman–Crippen MR) is 62.6 cm³/mol. The van der Waals surface area contributed by atoms with Crippen LogP contribution >= 0.6 is 0 Å². The van der Waals surface area contributed by atoms with Crippen molar-refractivity contribution < 1.29 is 4.79 Å². The maximum atomic E-state index is 11.9. The van der Waals surface area contributed by atoms with E-state index in [1.165, 1.54) is 0 Å². The van der Waals surface area contributed by atoms with Crippen LogP contribution in [0.1, 0.15) is 12.0 Å². The van der Waals surface area contributed by atoms with Crippen LogP contribution in [0.25, 0.3) is 0 Å². The molecule has 0 aliphatic heterocycles. The van der Waals surface area contributed by atoms with E-state index < -0.39 is 0 Å². The molecule has 2 rings (SSSR count). The Bertz CT molecular complexity index is 428. The Morgan fingerprint density at radius 3 is 2.94 bits per heavy atom. The Hall–Kier alpha value is -1.68. The van der Waals surface area contributed by atoms with Gasteiger partial charge in [0, 0.05) is 24.6 Å². The van der Waals surface area contributed by atoms with E-state index >= 15 is 0 Å². The number of carbonyl (C=O) groups excluding carboxylic acids is 1. The zero-order valence-corrected chi connectivity index (χ0v) is 8.97. The van der Waals surface area contributed by atoms with Crippen LogP contribution in [-0.2, 0) is 11.2 Å². The number of hydrogen-bond donors (Lipinski definition) is 2. The smallest absolute Gasteiger partial charge is 0.144 e. The first-order valence-corrected chi connectivity index (χ1v) is 5.32. The van der Waals surface area contributed by atoms with Gasteiger partial charge in [-0.15, -0.1) is 0 Å². The summed E-state index contributed by atoms with van der Waals surface area (Å²) < 4.78 is 0. The van der Waals surface area contributed by atoms with Gasteiger partial charge in [0.2, 0.25) is 0 Å². The van der Waals surface area contributed by atoms with E-state index in [0.717, 1.165) is 12.0 Å². The number of allylic oxidation sites excluding steroid dienone is 1. The second-order valence-corrected chi connectivity index (χ2v) is 4.12. The van der Waals surface area contributed by atoms with Crippen molar-refractivity contribution in [2.24, 2.45) is 11.7 Å². The minimum atomic E-state index is -0.0376. The summed E-state index contributed by atoms with van der Waals surface area (Å²) in [5, 5.41) is 0. The molecule has 1 aromatic rings. The molecule has 0 radical (unpaired) electrons. The first-order chi connectivity index (χ1) is 7.65. The van der Waals surface area contributed by atoms with Gasteiger partial charge in [-0.25, -0.2) is 4.98 Å². The van der Waals surface area contributed by atoms with Crippen LogP contribution in [0, 0.1) is 5.92 Å². The van der Waals surface area contributed by atoms with Gasteiger partial charge < -0.3 is 11.5 Å². The fourth-order valence-electron chi connectivity index (χ4n) is 1.90. The molecule has 0 saturated carbocycles. The number of aromatic nitrogens is 1. The average Bonchev–Trinajstić information content (AvgIpc) is 2.65. The molecule has 1 aliphatic carbocycles. The quantitative estimate of drug-likeness (QED) is 0.729. The number of hydrogen-bond acceptors (Lipinski definition) is 4. The van der Waals surface area contributed by atoms with Crippen LogP contribution in [0.5, 0.6) is 0 Å². The number of nitrogens with two attached hydrogens (primary N) is 2. The summed E-state index contributed by atoms with van der Waals surface area (Å²) in [4.78, 5) is 15.8. The van der Waals surface area contributed by atoms with Crippen molar-refractivity contribution in [1.82, 2.24) is 4.98 Å². The van der Waals surface area contributed by atoms with Crippen LogP contribution in [0.15, 0.2) is 30.5 Å². The van der Waals surface area contributed by atoms with Gasteiger partial charge in [-0.2, -0.15) is 0 Å². The first-order valence-electron chi connectivity index (χ1n) is 5.32. The molecule has 1 aromatic heterocycles. The molecule has 1 aliphatic rings. The molecule has 84 valence electrons. The predicted octanol–water partition coefficient (Wildman–Crippen LogP) is 0.679. The summed E-state index contributed by atoms with van der Waals surface area (Å²) in [6, 6.07) is 3.57. The Labute approximate surface area is 94.4 Å².